The number of halogens is 2. The van der Waals surface area contributed by atoms with Crippen molar-refractivity contribution in [3.8, 4) is 0 Å². The number of rotatable bonds is 2. The van der Waals surface area contributed by atoms with E-state index in [1.165, 1.54) is 7.11 Å². The second-order valence-electron chi connectivity index (χ2n) is 2.58. The van der Waals surface area contributed by atoms with Gasteiger partial charge in [0.15, 0.2) is 0 Å². The molecule has 0 amide bonds. The van der Waals surface area contributed by atoms with Crippen molar-refractivity contribution in [2.75, 3.05) is 7.11 Å². The minimum atomic E-state index is -0.475. The molecule has 1 rings (SSSR count). The smallest absolute Gasteiger partial charge is 0.339 e. The molecule has 0 spiro atoms. The number of methoxy groups -OCH3 is 1. The van der Waals surface area contributed by atoms with Crippen LogP contribution in [0.5, 0.6) is 0 Å². The molecule has 2 radical (unpaired) electrons. The Labute approximate surface area is 97.1 Å². The summed E-state index contributed by atoms with van der Waals surface area (Å²) in [4.78, 5) is 11.4. The quantitative estimate of drug-likeness (QED) is 0.611. The Kier molecular flexibility index (Phi) is 4.02. The van der Waals surface area contributed by atoms with E-state index in [0.29, 0.717) is 16.1 Å². The topological polar surface area (TPSA) is 26.3 Å². The van der Waals surface area contributed by atoms with Crippen LogP contribution in [0.4, 0.5) is 0 Å². The van der Waals surface area contributed by atoms with Crippen LogP contribution >= 0.6 is 27.5 Å². The molecule has 0 N–H and O–H groups in total. The van der Waals surface area contributed by atoms with Crippen molar-refractivity contribution >= 4 is 41.3 Å². The maximum Gasteiger partial charge on any atom is 0.339 e. The zero-order valence-corrected chi connectivity index (χ0v) is 9.85. The summed E-state index contributed by atoms with van der Waals surface area (Å²) < 4.78 is 5.37. The summed E-state index contributed by atoms with van der Waals surface area (Å²) in [7, 11) is 6.82. The van der Waals surface area contributed by atoms with Crippen LogP contribution in [0.1, 0.15) is 15.9 Å². The highest BCUT2D eigenvalue weighted by atomic mass is 79.9. The van der Waals surface area contributed by atoms with Gasteiger partial charge in [0.1, 0.15) is 0 Å². The molecule has 14 heavy (non-hydrogen) atoms. The Morgan fingerprint density at radius 1 is 1.64 bits per heavy atom. The fourth-order valence-corrected chi connectivity index (χ4v) is 1.86. The second kappa shape index (κ2) is 4.85. The molecule has 0 fully saturated rings. The first-order valence-electron chi connectivity index (χ1n) is 3.87. The van der Waals surface area contributed by atoms with Crippen molar-refractivity contribution < 1.29 is 9.53 Å². The van der Waals surface area contributed by atoms with Crippen LogP contribution < -0.4 is 0 Å². The fourth-order valence-electron chi connectivity index (χ4n) is 1.12. The summed E-state index contributed by atoms with van der Waals surface area (Å²) in [5.41, 5.74) is 0.982. The van der Waals surface area contributed by atoms with Crippen LogP contribution in [-0.4, -0.2) is 20.9 Å². The van der Waals surface area contributed by atoms with Gasteiger partial charge in [-0.15, -0.1) is 0 Å². The minimum absolute atomic E-state index is 0.228. The maximum atomic E-state index is 11.4. The first kappa shape index (κ1) is 11.6. The molecular formula is C9H7BBrClO2. The number of benzene rings is 1. The van der Waals surface area contributed by atoms with Gasteiger partial charge in [0.05, 0.1) is 25.5 Å². The van der Waals surface area contributed by atoms with Gasteiger partial charge in [-0.2, -0.15) is 0 Å². The highest BCUT2D eigenvalue weighted by molar-refractivity contribution is 9.10. The molecule has 0 aliphatic rings. The van der Waals surface area contributed by atoms with E-state index in [9.17, 15) is 4.79 Å². The molecule has 5 heteroatoms. The number of ether oxygens (including phenoxy) is 1. The number of hydrogen-bond acceptors (Lipinski definition) is 2. The van der Waals surface area contributed by atoms with Crippen LogP contribution in [0.2, 0.25) is 5.02 Å². The summed E-state index contributed by atoms with van der Waals surface area (Å²) in [6.07, 6.45) is 0.228. The third kappa shape index (κ3) is 2.12. The van der Waals surface area contributed by atoms with Crippen molar-refractivity contribution in [2.24, 2.45) is 0 Å². The van der Waals surface area contributed by atoms with Gasteiger partial charge in [-0.1, -0.05) is 33.9 Å². The first-order valence-corrected chi connectivity index (χ1v) is 5.04. The van der Waals surface area contributed by atoms with Gasteiger partial charge in [-0.3, -0.25) is 0 Å². The molecule has 1 aromatic rings. The number of esters is 1. The third-order valence-electron chi connectivity index (χ3n) is 1.80. The molecule has 1 aromatic carbocycles. The summed E-state index contributed by atoms with van der Waals surface area (Å²) >= 11 is 9.17. The zero-order chi connectivity index (χ0) is 10.7. The van der Waals surface area contributed by atoms with E-state index in [2.05, 4.69) is 20.7 Å². The molecule has 0 bridgehead atoms. The molecule has 0 aliphatic carbocycles. The van der Waals surface area contributed by atoms with E-state index in [-0.39, 0.29) is 6.32 Å². The molecule has 0 saturated heterocycles. The zero-order valence-electron chi connectivity index (χ0n) is 7.51. The van der Waals surface area contributed by atoms with Crippen molar-refractivity contribution in [1.82, 2.24) is 0 Å². The average Bonchev–Trinajstić information content (AvgIpc) is 2.19. The van der Waals surface area contributed by atoms with Crippen LogP contribution in [0.25, 0.3) is 0 Å². The Bertz CT molecular complexity index is 368. The molecule has 0 aliphatic heterocycles. The normalized spacial score (nSPS) is 9.93. The molecular weight excluding hydrogens is 266 g/mol. The predicted molar refractivity (Wildman–Crippen MR) is 59.9 cm³/mol. The lowest BCUT2D eigenvalue weighted by Crippen LogP contribution is -2.07. The Balaban J connectivity index is 3.37. The molecule has 2 nitrogen and oxygen atoms in total. The van der Waals surface area contributed by atoms with Crippen LogP contribution in [0, 0.1) is 0 Å². The summed E-state index contributed by atoms with van der Waals surface area (Å²) in [5, 5.41) is 0.348. The largest absolute Gasteiger partial charge is 0.465 e. The highest BCUT2D eigenvalue weighted by Gasteiger charge is 2.16. The third-order valence-corrected chi connectivity index (χ3v) is 2.86. The van der Waals surface area contributed by atoms with Gasteiger partial charge < -0.3 is 4.74 Å². The van der Waals surface area contributed by atoms with E-state index in [0.717, 1.165) is 4.47 Å². The monoisotopic (exact) mass is 272 g/mol. The summed E-state index contributed by atoms with van der Waals surface area (Å²) in [5.74, 6) is -0.475. The van der Waals surface area contributed by atoms with E-state index < -0.39 is 5.97 Å². The van der Waals surface area contributed by atoms with Crippen molar-refractivity contribution in [3.63, 3.8) is 0 Å². The molecule has 72 valence electrons. The lowest BCUT2D eigenvalue weighted by atomic mass is 9.93. The number of carbonyl (C=O) groups excluding carboxylic acids is 1. The Morgan fingerprint density at radius 3 is 2.79 bits per heavy atom. The van der Waals surface area contributed by atoms with Crippen molar-refractivity contribution in [3.05, 3.63) is 32.8 Å². The highest BCUT2D eigenvalue weighted by Crippen LogP contribution is 2.27. The molecule has 0 heterocycles. The maximum absolute atomic E-state index is 11.4. The number of carbonyl (C=O) groups is 1. The van der Waals surface area contributed by atoms with Gasteiger partial charge >= 0.3 is 5.97 Å². The SMILES string of the molecule is [B]Cc1c(Br)ccc(Cl)c1C(=O)OC. The van der Waals surface area contributed by atoms with Crippen LogP contribution in [-0.2, 0) is 11.1 Å². The molecule has 0 aromatic heterocycles. The first-order chi connectivity index (χ1) is 6.61. The Hall–Kier alpha value is -0.475. The Morgan fingerprint density at radius 2 is 2.29 bits per heavy atom. The van der Waals surface area contributed by atoms with Crippen molar-refractivity contribution in [1.29, 1.82) is 0 Å². The average molecular weight is 273 g/mol. The fraction of sp³-hybridized carbons (Fsp3) is 0.222. The van der Waals surface area contributed by atoms with Crippen LogP contribution in [0.15, 0.2) is 16.6 Å². The molecule has 0 atom stereocenters. The molecule has 0 unspecified atom stereocenters. The van der Waals surface area contributed by atoms with Gasteiger partial charge in [-0.05, 0) is 17.7 Å². The van der Waals surface area contributed by atoms with Gasteiger partial charge in [0, 0.05) is 4.47 Å². The summed E-state index contributed by atoms with van der Waals surface area (Å²) in [6, 6.07) is 3.37. The minimum Gasteiger partial charge on any atom is -0.465 e. The van der Waals surface area contributed by atoms with E-state index in [4.69, 9.17) is 19.4 Å². The van der Waals surface area contributed by atoms with Crippen LogP contribution in [0.3, 0.4) is 0 Å². The standard InChI is InChI=1S/C9H7BBrClO2/c1-14-9(13)8-5(4-10)6(11)2-3-7(8)12/h2-3H,4H2,1H3. The lowest BCUT2D eigenvalue weighted by molar-refractivity contribution is 0.0600. The molecule has 0 saturated carbocycles. The predicted octanol–water partition coefficient (Wildman–Crippen LogP) is 2.56. The van der Waals surface area contributed by atoms with Gasteiger partial charge in [-0.25, -0.2) is 4.79 Å². The number of hydrogen-bond donors (Lipinski definition) is 0. The van der Waals surface area contributed by atoms with E-state index in [1.54, 1.807) is 12.1 Å². The second-order valence-corrected chi connectivity index (χ2v) is 3.84. The lowest BCUT2D eigenvalue weighted by Gasteiger charge is -2.09. The van der Waals surface area contributed by atoms with Crippen molar-refractivity contribution in [2.45, 2.75) is 6.32 Å². The van der Waals surface area contributed by atoms with E-state index in [1.807, 2.05) is 0 Å². The summed E-state index contributed by atoms with van der Waals surface area (Å²) in [6.45, 7) is 0. The van der Waals surface area contributed by atoms with Gasteiger partial charge in [0.2, 0.25) is 0 Å². The van der Waals surface area contributed by atoms with E-state index >= 15 is 0 Å². The van der Waals surface area contributed by atoms with Gasteiger partial charge in [0.25, 0.3) is 0 Å².